The molecule has 0 aliphatic heterocycles. The smallest absolute Gasteiger partial charge is 0.269 e. The van der Waals surface area contributed by atoms with Crippen LogP contribution in [0, 0.1) is 0 Å². The number of anilines is 2. The number of carbonyl (C=O) groups is 1. The van der Waals surface area contributed by atoms with Gasteiger partial charge in [0.05, 0.1) is 26.1 Å². The third kappa shape index (κ3) is 5.01. The molecule has 1 amide bonds. The highest BCUT2D eigenvalue weighted by Crippen LogP contribution is 2.20. The van der Waals surface area contributed by atoms with Crippen molar-refractivity contribution in [3.05, 3.63) is 78.1 Å². The summed E-state index contributed by atoms with van der Waals surface area (Å²) in [5.41, 5.74) is 3.14. The van der Waals surface area contributed by atoms with Crippen molar-refractivity contribution in [2.45, 2.75) is 6.42 Å². The SMILES string of the molecule is COc1ccc(Nc2ccc(C(=O)NCCc3ccccc3OC)nc2)cc1. The molecule has 0 fully saturated rings. The highest BCUT2D eigenvalue weighted by molar-refractivity contribution is 5.92. The zero-order valence-corrected chi connectivity index (χ0v) is 15.9. The first-order chi connectivity index (χ1) is 13.7. The fourth-order valence-electron chi connectivity index (χ4n) is 2.75. The van der Waals surface area contributed by atoms with E-state index in [0.717, 1.165) is 28.4 Å². The van der Waals surface area contributed by atoms with Gasteiger partial charge in [-0.25, -0.2) is 4.98 Å². The van der Waals surface area contributed by atoms with E-state index in [9.17, 15) is 4.79 Å². The highest BCUT2D eigenvalue weighted by Gasteiger charge is 2.08. The number of amides is 1. The summed E-state index contributed by atoms with van der Waals surface area (Å²) in [4.78, 5) is 16.5. The maximum absolute atomic E-state index is 12.3. The Labute approximate surface area is 164 Å². The number of hydrogen-bond donors (Lipinski definition) is 2. The number of para-hydroxylation sites is 1. The first-order valence-corrected chi connectivity index (χ1v) is 8.97. The second-order valence-electron chi connectivity index (χ2n) is 6.10. The van der Waals surface area contributed by atoms with Crippen molar-refractivity contribution in [3.8, 4) is 11.5 Å². The second-order valence-corrected chi connectivity index (χ2v) is 6.10. The van der Waals surface area contributed by atoms with Crippen LogP contribution in [0.15, 0.2) is 66.9 Å². The normalized spacial score (nSPS) is 10.2. The van der Waals surface area contributed by atoms with Crippen LogP contribution < -0.4 is 20.1 Å². The van der Waals surface area contributed by atoms with Crippen molar-refractivity contribution in [1.82, 2.24) is 10.3 Å². The maximum Gasteiger partial charge on any atom is 0.269 e. The van der Waals surface area contributed by atoms with Crippen molar-refractivity contribution in [2.24, 2.45) is 0 Å². The summed E-state index contributed by atoms with van der Waals surface area (Å²) >= 11 is 0. The van der Waals surface area contributed by atoms with Crippen molar-refractivity contribution in [1.29, 1.82) is 0 Å². The number of aromatic nitrogens is 1. The summed E-state index contributed by atoms with van der Waals surface area (Å²) < 4.78 is 10.5. The Kier molecular flexibility index (Phi) is 6.46. The first-order valence-electron chi connectivity index (χ1n) is 8.97. The topological polar surface area (TPSA) is 72.5 Å². The molecule has 0 bridgehead atoms. The van der Waals surface area contributed by atoms with Gasteiger partial charge in [0.25, 0.3) is 5.91 Å². The lowest BCUT2D eigenvalue weighted by Crippen LogP contribution is -2.26. The van der Waals surface area contributed by atoms with Gasteiger partial charge in [-0.3, -0.25) is 4.79 Å². The van der Waals surface area contributed by atoms with Crippen LogP contribution in [0.5, 0.6) is 11.5 Å². The predicted octanol–water partition coefficient (Wildman–Crippen LogP) is 3.81. The third-order valence-corrected chi connectivity index (χ3v) is 4.25. The predicted molar refractivity (Wildman–Crippen MR) is 110 cm³/mol. The molecule has 0 atom stereocenters. The number of nitrogens with zero attached hydrogens (tertiary/aromatic N) is 1. The molecule has 0 saturated heterocycles. The van der Waals surface area contributed by atoms with Gasteiger partial charge in [-0.2, -0.15) is 0 Å². The fraction of sp³-hybridized carbons (Fsp3) is 0.182. The number of benzene rings is 2. The van der Waals surface area contributed by atoms with Gasteiger partial charge in [0.1, 0.15) is 17.2 Å². The number of rotatable bonds is 8. The van der Waals surface area contributed by atoms with Gasteiger partial charge in [0.2, 0.25) is 0 Å². The van der Waals surface area contributed by atoms with E-state index >= 15 is 0 Å². The Balaban J connectivity index is 1.53. The molecule has 144 valence electrons. The van der Waals surface area contributed by atoms with Crippen molar-refractivity contribution < 1.29 is 14.3 Å². The van der Waals surface area contributed by atoms with Crippen LogP contribution in [0.1, 0.15) is 16.1 Å². The van der Waals surface area contributed by atoms with Crippen molar-refractivity contribution >= 4 is 17.3 Å². The summed E-state index contributed by atoms with van der Waals surface area (Å²) in [6.07, 6.45) is 2.33. The van der Waals surface area contributed by atoms with E-state index in [2.05, 4.69) is 15.6 Å². The van der Waals surface area contributed by atoms with E-state index in [0.29, 0.717) is 18.7 Å². The molecule has 0 unspecified atom stereocenters. The zero-order valence-electron chi connectivity index (χ0n) is 15.9. The van der Waals surface area contributed by atoms with Gasteiger partial charge < -0.3 is 20.1 Å². The molecule has 6 heteroatoms. The van der Waals surface area contributed by atoms with Gasteiger partial charge in [-0.05, 0) is 54.4 Å². The van der Waals surface area contributed by atoms with Gasteiger partial charge in [-0.1, -0.05) is 18.2 Å². The molecule has 2 aromatic carbocycles. The Morgan fingerprint density at radius 2 is 1.68 bits per heavy atom. The van der Waals surface area contributed by atoms with Crippen LogP contribution in [-0.4, -0.2) is 31.7 Å². The molecule has 0 aliphatic rings. The van der Waals surface area contributed by atoms with Gasteiger partial charge in [-0.15, -0.1) is 0 Å². The number of carbonyl (C=O) groups excluding carboxylic acids is 1. The molecule has 28 heavy (non-hydrogen) atoms. The number of hydrogen-bond acceptors (Lipinski definition) is 5. The minimum Gasteiger partial charge on any atom is -0.497 e. The molecule has 0 spiro atoms. The number of methoxy groups -OCH3 is 2. The summed E-state index contributed by atoms with van der Waals surface area (Å²) in [6, 6.07) is 18.9. The monoisotopic (exact) mass is 377 g/mol. The molecule has 2 N–H and O–H groups in total. The zero-order chi connectivity index (χ0) is 19.8. The molecule has 6 nitrogen and oxygen atoms in total. The Morgan fingerprint density at radius 1 is 0.929 bits per heavy atom. The van der Waals surface area contributed by atoms with Gasteiger partial charge in [0, 0.05) is 12.2 Å². The largest absolute Gasteiger partial charge is 0.497 e. The summed E-state index contributed by atoms with van der Waals surface area (Å²) in [5.74, 6) is 1.42. The third-order valence-electron chi connectivity index (χ3n) is 4.25. The molecule has 3 rings (SSSR count). The first kappa shape index (κ1) is 19.2. The summed E-state index contributed by atoms with van der Waals surface area (Å²) in [6.45, 7) is 0.507. The molecular formula is C22H23N3O3. The Bertz CT molecular complexity index is 909. The quantitative estimate of drug-likeness (QED) is 0.624. The van der Waals surface area contributed by atoms with Crippen LogP contribution in [0.4, 0.5) is 11.4 Å². The van der Waals surface area contributed by atoms with E-state index in [1.54, 1.807) is 26.5 Å². The summed E-state index contributed by atoms with van der Waals surface area (Å²) in [7, 11) is 3.27. The molecule has 0 saturated carbocycles. The van der Waals surface area contributed by atoms with Crippen molar-refractivity contribution in [2.75, 3.05) is 26.1 Å². The molecular weight excluding hydrogens is 354 g/mol. The van der Waals surface area contributed by atoms with Crippen LogP contribution in [0.3, 0.4) is 0 Å². The van der Waals surface area contributed by atoms with Crippen molar-refractivity contribution in [3.63, 3.8) is 0 Å². The average Bonchev–Trinajstić information content (AvgIpc) is 2.75. The second kappa shape index (κ2) is 9.41. The van der Waals surface area contributed by atoms with Crippen LogP contribution >= 0.6 is 0 Å². The average molecular weight is 377 g/mol. The lowest BCUT2D eigenvalue weighted by Gasteiger charge is -2.10. The molecule has 1 aromatic heterocycles. The standard InChI is InChI=1S/C22H23N3O3/c1-27-19-10-7-17(8-11-19)25-18-9-12-20(24-15-18)22(26)23-14-13-16-5-3-4-6-21(16)28-2/h3-12,15,25H,13-14H2,1-2H3,(H,23,26). The fourth-order valence-corrected chi connectivity index (χ4v) is 2.75. The van der Waals surface area contributed by atoms with Gasteiger partial charge >= 0.3 is 0 Å². The Morgan fingerprint density at radius 3 is 2.36 bits per heavy atom. The number of ether oxygens (including phenoxy) is 2. The maximum atomic E-state index is 12.3. The van der Waals surface area contributed by atoms with E-state index in [1.807, 2.05) is 54.6 Å². The lowest BCUT2D eigenvalue weighted by molar-refractivity contribution is 0.0949. The number of pyridine rings is 1. The molecule has 3 aromatic rings. The highest BCUT2D eigenvalue weighted by atomic mass is 16.5. The lowest BCUT2D eigenvalue weighted by atomic mass is 10.1. The van der Waals surface area contributed by atoms with Crippen LogP contribution in [-0.2, 0) is 6.42 Å². The van der Waals surface area contributed by atoms with E-state index < -0.39 is 0 Å². The van der Waals surface area contributed by atoms with Crippen LogP contribution in [0.2, 0.25) is 0 Å². The molecule has 0 radical (unpaired) electrons. The Hall–Kier alpha value is -3.54. The van der Waals surface area contributed by atoms with Crippen LogP contribution in [0.25, 0.3) is 0 Å². The molecule has 0 aliphatic carbocycles. The molecule has 1 heterocycles. The van der Waals surface area contributed by atoms with E-state index in [4.69, 9.17) is 9.47 Å². The van der Waals surface area contributed by atoms with E-state index in [1.165, 1.54) is 0 Å². The minimum atomic E-state index is -0.203. The summed E-state index contributed by atoms with van der Waals surface area (Å²) in [5, 5.41) is 6.12. The number of nitrogens with one attached hydrogen (secondary N) is 2. The van der Waals surface area contributed by atoms with E-state index in [-0.39, 0.29) is 5.91 Å². The van der Waals surface area contributed by atoms with Gasteiger partial charge in [0.15, 0.2) is 0 Å². The minimum absolute atomic E-state index is 0.203.